The Morgan fingerprint density at radius 1 is 1.22 bits per heavy atom. The number of rotatable bonds is 5. The molecule has 0 fully saturated rings. The smallest absolute Gasteiger partial charge is 0.332 e. The van der Waals surface area contributed by atoms with Crippen LogP contribution in [0.5, 0.6) is 0 Å². The molecule has 0 saturated carbocycles. The first kappa shape index (κ1) is 18.4. The molecule has 0 bridgehead atoms. The van der Waals surface area contributed by atoms with Crippen LogP contribution in [0.4, 0.5) is 0 Å². The second kappa shape index (κ2) is 6.38. The van der Waals surface area contributed by atoms with Crippen LogP contribution in [0.3, 0.4) is 0 Å². The third-order valence-corrected chi connectivity index (χ3v) is 4.68. The summed E-state index contributed by atoms with van der Waals surface area (Å²) in [4.78, 5) is 41.3. The largest absolute Gasteiger partial charge is 0.368 e. The van der Waals surface area contributed by atoms with Crippen LogP contribution >= 0.6 is 0 Å². The number of aryl methyl sites for hydroxylation is 2. The molecule has 0 unspecified atom stereocenters. The molecule has 3 aromatic heterocycles. The molecule has 27 heavy (non-hydrogen) atoms. The van der Waals surface area contributed by atoms with Gasteiger partial charge in [0.25, 0.3) is 5.56 Å². The van der Waals surface area contributed by atoms with E-state index in [1.165, 1.54) is 11.6 Å². The van der Waals surface area contributed by atoms with E-state index in [0.29, 0.717) is 5.95 Å². The zero-order chi connectivity index (χ0) is 20.0. The molecule has 10 nitrogen and oxygen atoms in total. The number of nitrogens with zero attached hydrogens (tertiary/aromatic N) is 6. The fourth-order valence-corrected chi connectivity index (χ4v) is 3.03. The third kappa shape index (κ3) is 2.69. The molecule has 3 heterocycles. The van der Waals surface area contributed by atoms with Crippen molar-refractivity contribution >= 4 is 17.1 Å². The lowest BCUT2D eigenvalue weighted by molar-refractivity contribution is -0.118. The van der Waals surface area contributed by atoms with Crippen molar-refractivity contribution in [3.05, 3.63) is 50.4 Å². The van der Waals surface area contributed by atoms with Crippen molar-refractivity contribution < 1.29 is 4.79 Å². The van der Waals surface area contributed by atoms with Gasteiger partial charge in [-0.15, -0.1) is 6.58 Å². The summed E-state index contributed by atoms with van der Waals surface area (Å²) in [5.74, 6) is -0.389. The highest BCUT2D eigenvalue weighted by atomic mass is 16.2. The van der Waals surface area contributed by atoms with E-state index in [9.17, 15) is 14.4 Å². The molecule has 0 atom stereocenters. The molecular formula is C17H21N7O3. The van der Waals surface area contributed by atoms with E-state index in [4.69, 9.17) is 5.73 Å². The standard InChI is InChI=1S/C17H21N7O3/c1-6-7-22-13-14(19-16(22)24-11(4)9(2)10(3)20-24)21(5)17(27)23(15(13)26)8-12(18)25/h6H,1,7-8H2,2-5H3,(H2,18,25). The highest BCUT2D eigenvalue weighted by Crippen LogP contribution is 2.19. The van der Waals surface area contributed by atoms with Gasteiger partial charge in [0, 0.05) is 19.3 Å². The quantitative estimate of drug-likeness (QED) is 0.616. The SMILES string of the molecule is C=CCn1c(-n2nc(C)c(C)c2C)nc2c1c(=O)n(CC(N)=O)c(=O)n2C. The van der Waals surface area contributed by atoms with Gasteiger partial charge >= 0.3 is 5.69 Å². The van der Waals surface area contributed by atoms with Crippen molar-refractivity contribution in [1.82, 2.24) is 28.5 Å². The van der Waals surface area contributed by atoms with Gasteiger partial charge in [0.2, 0.25) is 11.9 Å². The van der Waals surface area contributed by atoms with Gasteiger partial charge in [-0.3, -0.25) is 18.7 Å². The zero-order valence-corrected chi connectivity index (χ0v) is 15.7. The summed E-state index contributed by atoms with van der Waals surface area (Å²) in [5, 5.41) is 4.50. The van der Waals surface area contributed by atoms with Gasteiger partial charge in [0.1, 0.15) is 6.54 Å². The van der Waals surface area contributed by atoms with Crippen molar-refractivity contribution in [3.63, 3.8) is 0 Å². The second-order valence-electron chi connectivity index (χ2n) is 6.39. The zero-order valence-electron chi connectivity index (χ0n) is 15.7. The molecule has 0 saturated heterocycles. The maximum absolute atomic E-state index is 13.0. The molecule has 142 valence electrons. The highest BCUT2D eigenvalue weighted by Gasteiger charge is 2.23. The van der Waals surface area contributed by atoms with Crippen LogP contribution in [0.15, 0.2) is 22.2 Å². The molecule has 0 aliphatic heterocycles. The van der Waals surface area contributed by atoms with Crippen molar-refractivity contribution in [2.24, 2.45) is 12.8 Å². The number of imidazole rings is 1. The van der Waals surface area contributed by atoms with E-state index in [1.54, 1.807) is 15.3 Å². The lowest BCUT2D eigenvalue weighted by atomic mass is 10.2. The fraction of sp³-hybridized carbons (Fsp3) is 0.353. The van der Waals surface area contributed by atoms with Gasteiger partial charge in [-0.25, -0.2) is 14.0 Å². The van der Waals surface area contributed by atoms with E-state index in [0.717, 1.165) is 21.5 Å². The predicted molar refractivity (Wildman–Crippen MR) is 100.0 cm³/mol. The Bertz CT molecular complexity index is 1210. The number of nitrogens with two attached hydrogens (primary N) is 1. The molecule has 2 N–H and O–H groups in total. The van der Waals surface area contributed by atoms with Gasteiger partial charge < -0.3 is 5.73 Å². The number of allylic oxidation sites excluding steroid dienone is 1. The average molecular weight is 371 g/mol. The monoisotopic (exact) mass is 371 g/mol. The summed E-state index contributed by atoms with van der Waals surface area (Å²) in [6.07, 6.45) is 1.62. The minimum absolute atomic E-state index is 0.179. The van der Waals surface area contributed by atoms with Gasteiger partial charge in [0.05, 0.1) is 5.69 Å². The molecule has 0 radical (unpaired) electrons. The number of amides is 1. The van der Waals surface area contributed by atoms with E-state index in [-0.39, 0.29) is 17.7 Å². The van der Waals surface area contributed by atoms with E-state index in [2.05, 4.69) is 16.7 Å². The minimum atomic E-state index is -0.780. The topological polar surface area (TPSA) is 123 Å². The van der Waals surface area contributed by atoms with Gasteiger partial charge in [-0.1, -0.05) is 6.08 Å². The third-order valence-electron chi connectivity index (χ3n) is 4.68. The predicted octanol–water partition coefficient (Wildman–Crippen LogP) is -0.321. The lowest BCUT2D eigenvalue weighted by Crippen LogP contribution is -2.42. The number of hydrogen-bond donors (Lipinski definition) is 1. The van der Waals surface area contributed by atoms with Crippen molar-refractivity contribution in [2.45, 2.75) is 33.9 Å². The normalized spacial score (nSPS) is 11.3. The van der Waals surface area contributed by atoms with Crippen LogP contribution in [0, 0.1) is 20.8 Å². The Morgan fingerprint density at radius 3 is 2.41 bits per heavy atom. The van der Waals surface area contributed by atoms with Crippen LogP contribution in [-0.2, 0) is 24.9 Å². The molecule has 0 aliphatic rings. The Morgan fingerprint density at radius 2 is 1.89 bits per heavy atom. The molecule has 0 aromatic carbocycles. The van der Waals surface area contributed by atoms with Crippen molar-refractivity contribution in [2.75, 3.05) is 0 Å². The van der Waals surface area contributed by atoms with Crippen LogP contribution in [0.1, 0.15) is 17.0 Å². The van der Waals surface area contributed by atoms with Gasteiger partial charge in [0.15, 0.2) is 11.2 Å². The maximum Gasteiger partial charge on any atom is 0.332 e. The van der Waals surface area contributed by atoms with Crippen LogP contribution < -0.4 is 17.0 Å². The molecule has 0 spiro atoms. The molecule has 1 amide bonds. The maximum atomic E-state index is 13.0. The number of hydrogen-bond acceptors (Lipinski definition) is 5. The van der Waals surface area contributed by atoms with E-state index >= 15 is 0 Å². The van der Waals surface area contributed by atoms with Crippen LogP contribution in [-0.4, -0.2) is 34.4 Å². The first-order valence-electron chi connectivity index (χ1n) is 8.31. The van der Waals surface area contributed by atoms with Crippen LogP contribution in [0.2, 0.25) is 0 Å². The molecule has 0 aliphatic carbocycles. The molecule has 10 heteroatoms. The summed E-state index contributed by atoms with van der Waals surface area (Å²) >= 11 is 0. The first-order chi connectivity index (χ1) is 12.7. The molecule has 3 aromatic rings. The Labute approximate surface area is 154 Å². The Balaban J connectivity index is 2.47. The summed E-state index contributed by atoms with van der Waals surface area (Å²) in [6, 6.07) is 0. The summed E-state index contributed by atoms with van der Waals surface area (Å²) < 4.78 is 5.29. The Hall–Kier alpha value is -3.43. The number of carbonyl (C=O) groups excluding carboxylic acids is 1. The van der Waals surface area contributed by atoms with Crippen LogP contribution in [0.25, 0.3) is 17.1 Å². The first-order valence-corrected chi connectivity index (χ1v) is 8.31. The molecule has 3 rings (SSSR count). The van der Waals surface area contributed by atoms with Gasteiger partial charge in [-0.05, 0) is 26.3 Å². The average Bonchev–Trinajstić information content (AvgIpc) is 3.10. The van der Waals surface area contributed by atoms with E-state index in [1.807, 2.05) is 20.8 Å². The van der Waals surface area contributed by atoms with Crippen molar-refractivity contribution in [3.8, 4) is 5.95 Å². The summed E-state index contributed by atoms with van der Waals surface area (Å²) in [7, 11) is 1.49. The lowest BCUT2D eigenvalue weighted by Gasteiger charge is -2.09. The number of fused-ring (bicyclic) bond motifs is 1. The Kier molecular flexibility index (Phi) is 4.34. The highest BCUT2D eigenvalue weighted by molar-refractivity contribution is 5.75. The number of aromatic nitrogens is 6. The van der Waals surface area contributed by atoms with E-state index < -0.39 is 23.7 Å². The number of carbonyl (C=O) groups is 1. The summed E-state index contributed by atoms with van der Waals surface area (Å²) in [5.41, 5.74) is 6.99. The van der Waals surface area contributed by atoms with Gasteiger partial charge in [-0.2, -0.15) is 10.1 Å². The van der Waals surface area contributed by atoms with Crippen molar-refractivity contribution in [1.29, 1.82) is 0 Å². The molecular weight excluding hydrogens is 350 g/mol. The minimum Gasteiger partial charge on any atom is -0.368 e. The number of primary amides is 1. The fourth-order valence-electron chi connectivity index (χ4n) is 3.03. The second-order valence-corrected chi connectivity index (χ2v) is 6.39. The summed E-state index contributed by atoms with van der Waals surface area (Å²) in [6.45, 7) is 9.23.